The number of benzene rings is 1. The van der Waals surface area contributed by atoms with Crippen molar-refractivity contribution in [2.45, 2.75) is 32.9 Å². The third kappa shape index (κ3) is 4.15. The van der Waals surface area contributed by atoms with Crippen LogP contribution in [0.25, 0.3) is 0 Å². The molecule has 1 fully saturated rings. The lowest BCUT2D eigenvalue weighted by Gasteiger charge is -2.20. The van der Waals surface area contributed by atoms with Crippen LogP contribution in [0.2, 0.25) is 5.02 Å². The molecule has 0 aliphatic carbocycles. The zero-order valence-corrected chi connectivity index (χ0v) is 13.3. The molecule has 1 heterocycles. The minimum absolute atomic E-state index is 0.0882. The molecule has 1 unspecified atom stereocenters. The number of rotatable bonds is 6. The Balaban J connectivity index is 1.88. The van der Waals surface area contributed by atoms with Crippen LogP contribution in [0.5, 0.6) is 0 Å². The molecule has 0 spiro atoms. The third-order valence-corrected chi connectivity index (χ3v) is 4.43. The van der Waals surface area contributed by atoms with E-state index in [4.69, 9.17) is 11.6 Å². The van der Waals surface area contributed by atoms with Crippen LogP contribution in [-0.4, -0.2) is 35.5 Å². The topological polar surface area (TPSA) is 58.4 Å². The first-order valence-electron chi connectivity index (χ1n) is 7.35. The van der Waals surface area contributed by atoms with Crippen molar-refractivity contribution in [3.05, 3.63) is 38.9 Å². The van der Waals surface area contributed by atoms with Crippen molar-refractivity contribution in [3.63, 3.8) is 0 Å². The second-order valence-electron chi connectivity index (χ2n) is 5.87. The predicted molar refractivity (Wildman–Crippen MR) is 84.6 cm³/mol. The van der Waals surface area contributed by atoms with Gasteiger partial charge in [0.15, 0.2) is 0 Å². The summed E-state index contributed by atoms with van der Waals surface area (Å²) in [5.41, 5.74) is 0.660. The molecule has 1 aliphatic rings. The van der Waals surface area contributed by atoms with E-state index >= 15 is 0 Å². The average molecular weight is 312 g/mol. The van der Waals surface area contributed by atoms with Crippen LogP contribution in [0.15, 0.2) is 18.2 Å². The SMILES string of the molecule is CC(C)N1CCC(CNCc2c(Cl)cccc2[N+](=O)[O-])C1. The van der Waals surface area contributed by atoms with Gasteiger partial charge in [0.2, 0.25) is 0 Å². The Morgan fingerprint density at radius 2 is 2.29 bits per heavy atom. The highest BCUT2D eigenvalue weighted by molar-refractivity contribution is 6.31. The minimum Gasteiger partial charge on any atom is -0.312 e. The highest BCUT2D eigenvalue weighted by Gasteiger charge is 2.24. The molecule has 1 aromatic rings. The number of halogens is 1. The molecule has 1 aromatic carbocycles. The molecule has 1 atom stereocenters. The first-order valence-corrected chi connectivity index (χ1v) is 7.73. The number of likely N-dealkylation sites (tertiary alicyclic amines) is 1. The number of nitro benzene ring substituents is 1. The summed E-state index contributed by atoms with van der Waals surface area (Å²) < 4.78 is 0. The lowest BCUT2D eigenvalue weighted by molar-refractivity contribution is -0.385. The normalized spacial score (nSPS) is 19.3. The van der Waals surface area contributed by atoms with Gasteiger partial charge < -0.3 is 10.2 Å². The van der Waals surface area contributed by atoms with Crippen molar-refractivity contribution in [2.24, 2.45) is 5.92 Å². The largest absolute Gasteiger partial charge is 0.312 e. The quantitative estimate of drug-likeness (QED) is 0.648. The Morgan fingerprint density at radius 1 is 1.52 bits per heavy atom. The van der Waals surface area contributed by atoms with E-state index in [1.807, 2.05) is 0 Å². The summed E-state index contributed by atoms with van der Waals surface area (Å²) in [5, 5.41) is 14.8. The molecule has 1 aliphatic heterocycles. The Hall–Kier alpha value is -1.17. The molecule has 116 valence electrons. The Labute approximate surface area is 130 Å². The molecular formula is C15H22ClN3O2. The van der Waals surface area contributed by atoms with Gasteiger partial charge in [0.1, 0.15) is 0 Å². The van der Waals surface area contributed by atoms with Crippen molar-refractivity contribution < 1.29 is 4.92 Å². The average Bonchev–Trinajstić information content (AvgIpc) is 2.89. The van der Waals surface area contributed by atoms with E-state index in [0.29, 0.717) is 29.1 Å². The standard InChI is InChI=1S/C15H22ClN3O2/c1-11(2)18-7-6-12(10-18)8-17-9-13-14(16)4-3-5-15(13)19(20)21/h3-5,11-12,17H,6-10H2,1-2H3. The molecule has 0 bridgehead atoms. The van der Waals surface area contributed by atoms with Crippen molar-refractivity contribution >= 4 is 17.3 Å². The summed E-state index contributed by atoms with van der Waals surface area (Å²) in [5.74, 6) is 0.606. The zero-order chi connectivity index (χ0) is 15.4. The van der Waals surface area contributed by atoms with E-state index in [2.05, 4.69) is 24.1 Å². The first kappa shape index (κ1) is 16.2. The van der Waals surface area contributed by atoms with Gasteiger partial charge in [-0.3, -0.25) is 10.1 Å². The van der Waals surface area contributed by atoms with Crippen LogP contribution in [0, 0.1) is 16.0 Å². The van der Waals surface area contributed by atoms with Crippen LogP contribution in [0.1, 0.15) is 25.8 Å². The number of nitrogens with one attached hydrogen (secondary N) is 1. The monoisotopic (exact) mass is 311 g/mol. The van der Waals surface area contributed by atoms with Gasteiger partial charge in [-0.1, -0.05) is 17.7 Å². The molecule has 0 amide bonds. The second-order valence-corrected chi connectivity index (χ2v) is 6.28. The Bertz CT molecular complexity index is 508. The maximum absolute atomic E-state index is 11.0. The van der Waals surface area contributed by atoms with Crippen LogP contribution in [-0.2, 0) is 6.54 Å². The zero-order valence-electron chi connectivity index (χ0n) is 12.5. The fourth-order valence-corrected chi connectivity index (χ4v) is 3.03. The van der Waals surface area contributed by atoms with Crippen LogP contribution >= 0.6 is 11.6 Å². The van der Waals surface area contributed by atoms with Gasteiger partial charge in [0.25, 0.3) is 5.69 Å². The lowest BCUT2D eigenvalue weighted by Crippen LogP contribution is -2.30. The molecule has 21 heavy (non-hydrogen) atoms. The smallest absolute Gasteiger partial charge is 0.275 e. The molecular weight excluding hydrogens is 290 g/mol. The maximum atomic E-state index is 11.0. The summed E-state index contributed by atoms with van der Waals surface area (Å²) in [6.45, 7) is 7.96. The minimum atomic E-state index is -0.376. The van der Waals surface area contributed by atoms with E-state index in [1.54, 1.807) is 12.1 Å². The first-order chi connectivity index (χ1) is 9.99. The molecule has 5 nitrogen and oxygen atoms in total. The summed E-state index contributed by atoms with van der Waals surface area (Å²) in [6, 6.07) is 5.39. The van der Waals surface area contributed by atoms with Gasteiger partial charge in [-0.2, -0.15) is 0 Å². The van der Waals surface area contributed by atoms with Gasteiger partial charge in [0, 0.05) is 25.2 Å². The van der Waals surface area contributed by atoms with E-state index in [0.717, 1.165) is 19.6 Å². The lowest BCUT2D eigenvalue weighted by atomic mass is 10.1. The highest BCUT2D eigenvalue weighted by Crippen LogP contribution is 2.26. The fourth-order valence-electron chi connectivity index (χ4n) is 2.79. The molecule has 0 saturated carbocycles. The van der Waals surface area contributed by atoms with Gasteiger partial charge in [-0.05, 0) is 45.3 Å². The van der Waals surface area contributed by atoms with Crippen molar-refractivity contribution in [2.75, 3.05) is 19.6 Å². The summed E-state index contributed by atoms with van der Waals surface area (Å²) in [4.78, 5) is 13.1. The van der Waals surface area contributed by atoms with Gasteiger partial charge >= 0.3 is 0 Å². The van der Waals surface area contributed by atoms with Gasteiger partial charge in [-0.15, -0.1) is 0 Å². The maximum Gasteiger partial charge on any atom is 0.275 e. The van der Waals surface area contributed by atoms with E-state index in [-0.39, 0.29) is 10.6 Å². The van der Waals surface area contributed by atoms with Crippen molar-refractivity contribution in [1.82, 2.24) is 10.2 Å². The van der Waals surface area contributed by atoms with E-state index in [1.165, 1.54) is 12.5 Å². The fraction of sp³-hybridized carbons (Fsp3) is 0.600. The van der Waals surface area contributed by atoms with E-state index < -0.39 is 0 Å². The number of hydrogen-bond donors (Lipinski definition) is 1. The molecule has 2 rings (SSSR count). The van der Waals surface area contributed by atoms with E-state index in [9.17, 15) is 10.1 Å². The summed E-state index contributed by atoms with van der Waals surface area (Å²) in [6.07, 6.45) is 1.18. The molecule has 1 N–H and O–H groups in total. The van der Waals surface area contributed by atoms with Crippen molar-refractivity contribution in [3.8, 4) is 0 Å². The Morgan fingerprint density at radius 3 is 2.90 bits per heavy atom. The number of hydrogen-bond acceptors (Lipinski definition) is 4. The predicted octanol–water partition coefficient (Wildman–Crippen LogP) is 3.07. The van der Waals surface area contributed by atoms with Crippen molar-refractivity contribution in [1.29, 1.82) is 0 Å². The molecule has 0 radical (unpaired) electrons. The van der Waals surface area contributed by atoms with Crippen LogP contribution in [0.4, 0.5) is 5.69 Å². The third-order valence-electron chi connectivity index (χ3n) is 4.07. The molecule has 0 aromatic heterocycles. The second kappa shape index (κ2) is 7.20. The van der Waals surface area contributed by atoms with Gasteiger partial charge in [0.05, 0.1) is 15.5 Å². The molecule has 6 heteroatoms. The van der Waals surface area contributed by atoms with Crippen LogP contribution in [0.3, 0.4) is 0 Å². The highest BCUT2D eigenvalue weighted by atomic mass is 35.5. The number of nitrogens with zero attached hydrogens (tertiary/aromatic N) is 2. The number of nitro groups is 1. The van der Waals surface area contributed by atoms with Gasteiger partial charge in [-0.25, -0.2) is 0 Å². The summed E-state index contributed by atoms with van der Waals surface area (Å²) in [7, 11) is 0. The van der Waals surface area contributed by atoms with Crippen LogP contribution < -0.4 is 5.32 Å². The Kier molecular flexibility index (Phi) is 5.56. The molecule has 1 saturated heterocycles. The summed E-state index contributed by atoms with van der Waals surface area (Å²) >= 11 is 6.08.